The summed E-state index contributed by atoms with van der Waals surface area (Å²) in [6, 6.07) is 7.51. The second kappa shape index (κ2) is 5.18. The van der Waals surface area contributed by atoms with Gasteiger partial charge in [0.05, 0.1) is 5.41 Å². The maximum absolute atomic E-state index is 12.2. The van der Waals surface area contributed by atoms with Gasteiger partial charge in [0, 0.05) is 18.7 Å². The largest absolute Gasteiger partial charge is 0.507 e. The first-order valence-electron chi connectivity index (χ1n) is 7.95. The van der Waals surface area contributed by atoms with E-state index < -0.39 is 11.0 Å². The molecule has 2 aliphatic rings. The molecule has 0 aromatic heterocycles. The zero-order valence-corrected chi connectivity index (χ0v) is 13.8. The second-order valence-corrected chi connectivity index (χ2v) is 7.29. The van der Waals surface area contributed by atoms with Gasteiger partial charge < -0.3 is 19.8 Å². The lowest BCUT2D eigenvalue weighted by Gasteiger charge is -2.40. The van der Waals surface area contributed by atoms with Gasteiger partial charge in [-0.25, -0.2) is 4.79 Å². The third kappa shape index (κ3) is 2.54. The summed E-state index contributed by atoms with van der Waals surface area (Å²) in [4.78, 5) is 13.9. The molecule has 3 rings (SSSR count). The van der Waals surface area contributed by atoms with E-state index >= 15 is 0 Å². The number of piperidine rings is 1. The molecular formula is C18H23NO4. The standard InChI is InChI=1S/C18H23NO4/c1-17(2,3)23-16(22)19-10-8-18(9-11-19)13-7-5-4-6-12(13)14(20)15(18)21/h4-7,20-21H,8-11H2,1-3H3. The van der Waals surface area contributed by atoms with Gasteiger partial charge in [0.25, 0.3) is 0 Å². The predicted octanol–water partition coefficient (Wildman–Crippen LogP) is 3.75. The van der Waals surface area contributed by atoms with E-state index in [4.69, 9.17) is 4.74 Å². The summed E-state index contributed by atoms with van der Waals surface area (Å²) >= 11 is 0. The van der Waals surface area contributed by atoms with Crippen molar-refractivity contribution in [3.05, 3.63) is 41.2 Å². The van der Waals surface area contributed by atoms with Crippen molar-refractivity contribution in [1.29, 1.82) is 0 Å². The van der Waals surface area contributed by atoms with Gasteiger partial charge >= 0.3 is 6.09 Å². The molecule has 124 valence electrons. The van der Waals surface area contributed by atoms with Crippen LogP contribution in [-0.4, -0.2) is 39.9 Å². The van der Waals surface area contributed by atoms with Crippen LogP contribution in [0.25, 0.3) is 5.76 Å². The van der Waals surface area contributed by atoms with Gasteiger partial charge in [0.1, 0.15) is 11.4 Å². The van der Waals surface area contributed by atoms with Crippen LogP contribution < -0.4 is 0 Å². The maximum atomic E-state index is 12.2. The molecule has 5 nitrogen and oxygen atoms in total. The number of fused-ring (bicyclic) bond motifs is 2. The van der Waals surface area contributed by atoms with Crippen molar-refractivity contribution in [2.24, 2.45) is 0 Å². The number of allylic oxidation sites excluding steroid dienone is 1. The molecule has 1 aromatic carbocycles. The van der Waals surface area contributed by atoms with Crippen LogP contribution in [0.1, 0.15) is 44.7 Å². The van der Waals surface area contributed by atoms with Crippen molar-refractivity contribution in [3.8, 4) is 0 Å². The summed E-state index contributed by atoms with van der Waals surface area (Å²) in [7, 11) is 0. The minimum Gasteiger partial charge on any atom is -0.507 e. The van der Waals surface area contributed by atoms with Gasteiger partial charge in [-0.3, -0.25) is 0 Å². The summed E-state index contributed by atoms with van der Waals surface area (Å²) in [5.41, 5.74) is 0.528. The Kier molecular flexibility index (Phi) is 3.54. The highest BCUT2D eigenvalue weighted by Crippen LogP contribution is 2.50. The number of hydrogen-bond donors (Lipinski definition) is 2. The molecule has 1 spiro atoms. The van der Waals surface area contributed by atoms with Gasteiger partial charge in [-0.15, -0.1) is 0 Å². The molecule has 1 fully saturated rings. The fourth-order valence-electron chi connectivity index (χ4n) is 3.49. The molecule has 5 heteroatoms. The molecule has 0 bridgehead atoms. The van der Waals surface area contributed by atoms with Crippen LogP contribution in [-0.2, 0) is 10.2 Å². The lowest BCUT2D eigenvalue weighted by Crippen LogP contribution is -2.47. The number of aliphatic hydroxyl groups excluding tert-OH is 2. The number of nitrogens with zero attached hydrogens (tertiary/aromatic N) is 1. The molecule has 0 saturated carbocycles. The normalized spacial score (nSPS) is 19.9. The third-order valence-electron chi connectivity index (χ3n) is 4.64. The van der Waals surface area contributed by atoms with Crippen molar-refractivity contribution in [3.63, 3.8) is 0 Å². The highest BCUT2D eigenvalue weighted by atomic mass is 16.6. The molecule has 1 aliphatic heterocycles. The van der Waals surface area contributed by atoms with E-state index in [1.807, 2.05) is 45.0 Å². The summed E-state index contributed by atoms with van der Waals surface area (Å²) < 4.78 is 5.41. The van der Waals surface area contributed by atoms with Gasteiger partial charge in [0.2, 0.25) is 0 Å². The highest BCUT2D eigenvalue weighted by molar-refractivity contribution is 5.74. The SMILES string of the molecule is CC(C)(C)OC(=O)N1CCC2(CC1)C(O)=C(O)c1ccccc12. The Labute approximate surface area is 136 Å². The first kappa shape index (κ1) is 15.7. The Hall–Kier alpha value is -2.17. The average Bonchev–Trinajstić information content (AvgIpc) is 2.70. The Morgan fingerprint density at radius 1 is 1.17 bits per heavy atom. The number of aliphatic hydroxyl groups is 2. The molecule has 0 atom stereocenters. The van der Waals surface area contributed by atoms with Crippen molar-refractivity contribution in [1.82, 2.24) is 4.90 Å². The molecule has 1 aliphatic carbocycles. The minimum atomic E-state index is -0.584. The van der Waals surface area contributed by atoms with Gasteiger partial charge in [-0.2, -0.15) is 0 Å². The average molecular weight is 317 g/mol. The van der Waals surface area contributed by atoms with Crippen LogP contribution >= 0.6 is 0 Å². The van der Waals surface area contributed by atoms with Crippen molar-refractivity contribution < 1.29 is 19.7 Å². The van der Waals surface area contributed by atoms with E-state index in [0.29, 0.717) is 31.5 Å². The monoisotopic (exact) mass is 317 g/mol. The number of carbonyl (C=O) groups is 1. The van der Waals surface area contributed by atoms with Crippen LogP contribution in [0.5, 0.6) is 0 Å². The molecule has 23 heavy (non-hydrogen) atoms. The van der Waals surface area contributed by atoms with Gasteiger partial charge in [-0.05, 0) is 39.2 Å². The number of hydrogen-bond acceptors (Lipinski definition) is 4. The van der Waals surface area contributed by atoms with E-state index in [9.17, 15) is 15.0 Å². The molecule has 0 unspecified atom stereocenters. The van der Waals surface area contributed by atoms with Crippen LogP contribution in [0, 0.1) is 0 Å². The molecule has 1 amide bonds. The Balaban J connectivity index is 1.80. The summed E-state index contributed by atoms with van der Waals surface area (Å²) in [5.74, 6) is -0.00569. The lowest BCUT2D eigenvalue weighted by molar-refractivity contribution is 0.0162. The quantitative estimate of drug-likeness (QED) is 0.764. The molecule has 2 N–H and O–H groups in total. The molecule has 1 heterocycles. The third-order valence-corrected chi connectivity index (χ3v) is 4.64. The van der Waals surface area contributed by atoms with E-state index in [1.165, 1.54) is 0 Å². The fraction of sp³-hybridized carbons (Fsp3) is 0.500. The molecule has 1 aromatic rings. The van der Waals surface area contributed by atoms with Crippen molar-refractivity contribution in [2.45, 2.75) is 44.6 Å². The molecule has 1 saturated heterocycles. The molecular weight excluding hydrogens is 294 g/mol. The Morgan fingerprint density at radius 3 is 2.39 bits per heavy atom. The minimum absolute atomic E-state index is 0.0301. The van der Waals surface area contributed by atoms with Crippen LogP contribution in [0.3, 0.4) is 0 Å². The number of likely N-dealkylation sites (tertiary alicyclic amines) is 1. The summed E-state index contributed by atoms with van der Waals surface area (Å²) in [6.07, 6.45) is 0.810. The van der Waals surface area contributed by atoms with Crippen LogP contribution in [0.2, 0.25) is 0 Å². The summed E-state index contributed by atoms with van der Waals surface area (Å²) in [6.45, 7) is 6.50. The maximum Gasteiger partial charge on any atom is 0.410 e. The van der Waals surface area contributed by atoms with E-state index in [2.05, 4.69) is 0 Å². The summed E-state index contributed by atoms with van der Waals surface area (Å²) in [5, 5.41) is 20.7. The highest BCUT2D eigenvalue weighted by Gasteiger charge is 2.48. The van der Waals surface area contributed by atoms with Crippen molar-refractivity contribution >= 4 is 11.9 Å². The van der Waals surface area contributed by atoms with E-state index in [-0.39, 0.29) is 17.6 Å². The fourth-order valence-corrected chi connectivity index (χ4v) is 3.49. The second-order valence-electron chi connectivity index (χ2n) is 7.29. The number of benzene rings is 1. The van der Waals surface area contributed by atoms with Crippen LogP contribution in [0.15, 0.2) is 30.0 Å². The van der Waals surface area contributed by atoms with E-state index in [0.717, 1.165) is 5.56 Å². The zero-order chi connectivity index (χ0) is 16.8. The van der Waals surface area contributed by atoms with Crippen molar-refractivity contribution in [2.75, 3.05) is 13.1 Å². The van der Waals surface area contributed by atoms with Crippen LogP contribution in [0.4, 0.5) is 4.79 Å². The molecule has 0 radical (unpaired) electrons. The van der Waals surface area contributed by atoms with E-state index in [1.54, 1.807) is 4.90 Å². The van der Waals surface area contributed by atoms with Gasteiger partial charge in [0.15, 0.2) is 5.76 Å². The number of rotatable bonds is 0. The predicted molar refractivity (Wildman–Crippen MR) is 87.3 cm³/mol. The Morgan fingerprint density at radius 2 is 1.78 bits per heavy atom. The first-order chi connectivity index (χ1) is 10.7. The number of amides is 1. The lowest BCUT2D eigenvalue weighted by atomic mass is 9.73. The topological polar surface area (TPSA) is 70.0 Å². The smallest absolute Gasteiger partial charge is 0.410 e. The first-order valence-corrected chi connectivity index (χ1v) is 7.95. The Bertz CT molecular complexity index is 664. The van der Waals surface area contributed by atoms with Gasteiger partial charge in [-0.1, -0.05) is 24.3 Å². The number of carbonyl (C=O) groups excluding carboxylic acids is 1. The number of ether oxygens (including phenoxy) is 1. The zero-order valence-electron chi connectivity index (χ0n) is 13.8.